The van der Waals surface area contributed by atoms with Crippen LogP contribution in [0, 0.1) is 11.3 Å². The first-order valence-electron chi connectivity index (χ1n) is 6.01. The molecule has 1 amide bonds. The third-order valence-electron chi connectivity index (χ3n) is 3.32. The Morgan fingerprint density at radius 1 is 1.38 bits per heavy atom. The van der Waals surface area contributed by atoms with Crippen LogP contribution in [0.5, 0.6) is 0 Å². The maximum Gasteiger partial charge on any atom is 0.226 e. The van der Waals surface area contributed by atoms with Crippen LogP contribution in [0.1, 0.15) is 46.5 Å². The minimum absolute atomic E-state index is 0. The molecule has 0 radical (unpaired) electrons. The molecule has 16 heavy (non-hydrogen) atoms. The summed E-state index contributed by atoms with van der Waals surface area (Å²) >= 11 is 0. The Kier molecular flexibility index (Phi) is 6.34. The molecule has 0 bridgehead atoms. The predicted molar refractivity (Wildman–Crippen MR) is 69.6 cm³/mol. The minimum Gasteiger partial charge on any atom is -0.352 e. The van der Waals surface area contributed by atoms with Gasteiger partial charge in [-0.25, -0.2) is 0 Å². The largest absolute Gasteiger partial charge is 0.352 e. The first kappa shape index (κ1) is 15.7. The summed E-state index contributed by atoms with van der Waals surface area (Å²) in [5, 5.41) is 3.01. The van der Waals surface area contributed by atoms with Gasteiger partial charge in [-0.3, -0.25) is 4.79 Å². The van der Waals surface area contributed by atoms with Crippen molar-refractivity contribution in [2.24, 2.45) is 17.1 Å². The molecular weight excluding hydrogens is 224 g/mol. The number of rotatable bonds is 5. The van der Waals surface area contributed by atoms with Crippen LogP contribution in [0.3, 0.4) is 0 Å². The summed E-state index contributed by atoms with van der Waals surface area (Å²) in [6.45, 7) is 6.84. The van der Waals surface area contributed by atoms with Gasteiger partial charge in [0.15, 0.2) is 0 Å². The summed E-state index contributed by atoms with van der Waals surface area (Å²) in [4.78, 5) is 12.1. The first-order valence-corrected chi connectivity index (χ1v) is 6.01. The van der Waals surface area contributed by atoms with E-state index < -0.39 is 0 Å². The molecule has 0 heterocycles. The van der Waals surface area contributed by atoms with E-state index in [1.807, 2.05) is 6.92 Å². The molecule has 96 valence electrons. The van der Waals surface area contributed by atoms with Gasteiger partial charge in [0.2, 0.25) is 5.91 Å². The van der Waals surface area contributed by atoms with Crippen molar-refractivity contribution in [3.8, 4) is 0 Å². The molecule has 0 aromatic rings. The fraction of sp³-hybridized carbons (Fsp3) is 0.917. The fourth-order valence-electron chi connectivity index (χ4n) is 2.34. The zero-order chi connectivity index (χ0) is 11.5. The SMILES string of the molecule is CC(C)CC1(C(=O)N[C@H](C)CN)CCC1.Cl. The predicted octanol–water partition coefficient (Wildman–Crippen LogP) is 2.09. The maximum atomic E-state index is 12.1. The summed E-state index contributed by atoms with van der Waals surface area (Å²) in [6, 6.07) is 0.0992. The molecule has 0 aliphatic heterocycles. The van der Waals surface area contributed by atoms with E-state index in [4.69, 9.17) is 5.73 Å². The van der Waals surface area contributed by atoms with Gasteiger partial charge in [0.25, 0.3) is 0 Å². The number of carbonyl (C=O) groups excluding carboxylic acids is 1. The Morgan fingerprint density at radius 2 is 1.94 bits per heavy atom. The van der Waals surface area contributed by atoms with E-state index in [2.05, 4.69) is 19.2 Å². The summed E-state index contributed by atoms with van der Waals surface area (Å²) in [7, 11) is 0. The molecule has 1 saturated carbocycles. The van der Waals surface area contributed by atoms with Gasteiger partial charge >= 0.3 is 0 Å². The van der Waals surface area contributed by atoms with Crippen LogP contribution < -0.4 is 11.1 Å². The zero-order valence-electron chi connectivity index (χ0n) is 10.6. The second kappa shape index (κ2) is 6.45. The van der Waals surface area contributed by atoms with Gasteiger partial charge in [-0.2, -0.15) is 0 Å². The highest BCUT2D eigenvalue weighted by Gasteiger charge is 2.44. The number of halogens is 1. The summed E-state index contributed by atoms with van der Waals surface area (Å²) in [5.41, 5.74) is 5.44. The molecule has 1 rings (SSSR count). The van der Waals surface area contributed by atoms with Crippen LogP contribution in [0.25, 0.3) is 0 Å². The third-order valence-corrected chi connectivity index (χ3v) is 3.32. The van der Waals surface area contributed by atoms with Crippen molar-refractivity contribution in [3.05, 3.63) is 0 Å². The van der Waals surface area contributed by atoms with E-state index in [9.17, 15) is 4.79 Å². The molecule has 1 aliphatic rings. The molecule has 3 nitrogen and oxygen atoms in total. The van der Waals surface area contributed by atoms with Crippen LogP contribution in [0.4, 0.5) is 0 Å². The average Bonchev–Trinajstić information content (AvgIpc) is 2.10. The van der Waals surface area contributed by atoms with Gasteiger partial charge in [0.1, 0.15) is 0 Å². The Hall–Kier alpha value is -0.280. The van der Waals surface area contributed by atoms with Crippen molar-refractivity contribution in [1.82, 2.24) is 5.32 Å². The maximum absolute atomic E-state index is 12.1. The van der Waals surface area contributed by atoms with E-state index in [0.717, 1.165) is 19.3 Å². The monoisotopic (exact) mass is 248 g/mol. The van der Waals surface area contributed by atoms with Gasteiger partial charge in [-0.15, -0.1) is 12.4 Å². The van der Waals surface area contributed by atoms with Crippen molar-refractivity contribution < 1.29 is 4.79 Å². The highest BCUT2D eigenvalue weighted by molar-refractivity contribution is 5.85. The standard InChI is InChI=1S/C12H24N2O.ClH/c1-9(2)7-12(5-4-6-12)11(15)14-10(3)8-13;/h9-10H,4-8,13H2,1-3H3,(H,14,15);1H/t10-;/m1./s1. The molecule has 3 N–H and O–H groups in total. The smallest absolute Gasteiger partial charge is 0.226 e. The van der Waals surface area contributed by atoms with E-state index in [0.29, 0.717) is 12.5 Å². The topological polar surface area (TPSA) is 55.1 Å². The van der Waals surface area contributed by atoms with E-state index in [1.165, 1.54) is 6.42 Å². The molecule has 0 unspecified atom stereocenters. The van der Waals surface area contributed by atoms with Crippen LogP contribution in [0.2, 0.25) is 0 Å². The number of carbonyl (C=O) groups is 1. The molecule has 0 aromatic heterocycles. The Bertz CT molecular complexity index is 227. The summed E-state index contributed by atoms with van der Waals surface area (Å²) in [5.74, 6) is 0.810. The highest BCUT2D eigenvalue weighted by Crippen LogP contribution is 2.46. The lowest BCUT2D eigenvalue weighted by molar-refractivity contribution is -0.138. The lowest BCUT2D eigenvalue weighted by Gasteiger charge is -2.42. The molecule has 1 aliphatic carbocycles. The molecule has 1 fully saturated rings. The van der Waals surface area contributed by atoms with Crippen LogP contribution in [-0.2, 0) is 4.79 Å². The molecule has 0 saturated heterocycles. The fourth-order valence-corrected chi connectivity index (χ4v) is 2.34. The lowest BCUT2D eigenvalue weighted by atomic mass is 9.64. The quantitative estimate of drug-likeness (QED) is 0.783. The van der Waals surface area contributed by atoms with Gasteiger partial charge in [0, 0.05) is 18.0 Å². The van der Waals surface area contributed by atoms with Gasteiger partial charge in [-0.05, 0) is 32.1 Å². The molecule has 0 spiro atoms. The average molecular weight is 249 g/mol. The summed E-state index contributed by atoms with van der Waals surface area (Å²) in [6.07, 6.45) is 4.30. The Morgan fingerprint density at radius 3 is 2.25 bits per heavy atom. The highest BCUT2D eigenvalue weighted by atomic mass is 35.5. The van der Waals surface area contributed by atoms with Crippen molar-refractivity contribution in [3.63, 3.8) is 0 Å². The number of hydrogen-bond donors (Lipinski definition) is 2. The van der Waals surface area contributed by atoms with E-state index >= 15 is 0 Å². The Labute approximate surface area is 105 Å². The lowest BCUT2D eigenvalue weighted by Crippen LogP contribution is -2.50. The zero-order valence-corrected chi connectivity index (χ0v) is 11.4. The number of nitrogens with two attached hydrogens (primary N) is 1. The normalized spacial score (nSPS) is 19.6. The van der Waals surface area contributed by atoms with E-state index in [-0.39, 0.29) is 29.8 Å². The van der Waals surface area contributed by atoms with Crippen molar-refractivity contribution >= 4 is 18.3 Å². The van der Waals surface area contributed by atoms with Crippen molar-refractivity contribution in [2.45, 2.75) is 52.5 Å². The first-order chi connectivity index (χ1) is 7.00. The van der Waals surface area contributed by atoms with Crippen LogP contribution in [-0.4, -0.2) is 18.5 Å². The molecule has 0 aromatic carbocycles. The number of hydrogen-bond acceptors (Lipinski definition) is 2. The second-order valence-electron chi connectivity index (χ2n) is 5.34. The third kappa shape index (κ3) is 3.63. The van der Waals surface area contributed by atoms with E-state index in [1.54, 1.807) is 0 Å². The van der Waals surface area contributed by atoms with Gasteiger partial charge < -0.3 is 11.1 Å². The molecular formula is C12H25ClN2O. The Balaban J connectivity index is 0.00000225. The number of nitrogens with one attached hydrogen (secondary N) is 1. The number of amides is 1. The second-order valence-corrected chi connectivity index (χ2v) is 5.34. The summed E-state index contributed by atoms with van der Waals surface area (Å²) < 4.78 is 0. The van der Waals surface area contributed by atoms with Crippen molar-refractivity contribution in [1.29, 1.82) is 0 Å². The minimum atomic E-state index is -0.0718. The molecule has 4 heteroatoms. The van der Waals surface area contributed by atoms with Crippen molar-refractivity contribution in [2.75, 3.05) is 6.54 Å². The van der Waals surface area contributed by atoms with Crippen LogP contribution in [0.15, 0.2) is 0 Å². The molecule has 1 atom stereocenters. The van der Waals surface area contributed by atoms with Crippen LogP contribution >= 0.6 is 12.4 Å². The van der Waals surface area contributed by atoms with Gasteiger partial charge in [0.05, 0.1) is 0 Å². The van der Waals surface area contributed by atoms with Gasteiger partial charge in [-0.1, -0.05) is 20.3 Å².